The van der Waals surface area contributed by atoms with Gasteiger partial charge in [-0.15, -0.1) is 0 Å². The minimum absolute atomic E-state index is 0.0145. The lowest BCUT2D eigenvalue weighted by Gasteiger charge is -2.17. The molecule has 3 aromatic rings. The Kier molecular flexibility index (Phi) is 6.25. The Morgan fingerprint density at radius 2 is 2.31 bits per heavy atom. The molecule has 3 heterocycles. The van der Waals surface area contributed by atoms with Crippen molar-refractivity contribution in [1.29, 1.82) is 5.26 Å². The lowest BCUT2D eigenvalue weighted by molar-refractivity contribution is -0.0107. The van der Waals surface area contributed by atoms with Gasteiger partial charge in [0.15, 0.2) is 5.82 Å². The van der Waals surface area contributed by atoms with E-state index in [1.165, 1.54) is 6.33 Å². The highest BCUT2D eigenvalue weighted by Gasteiger charge is 2.26. The number of carbonyl (C=O) groups excluding carboxylic acids is 1. The summed E-state index contributed by atoms with van der Waals surface area (Å²) in [5.74, 6) is -0.487. The summed E-state index contributed by atoms with van der Waals surface area (Å²) in [6.07, 6.45) is 2.99. The highest BCUT2D eigenvalue weighted by Crippen LogP contribution is 2.28. The van der Waals surface area contributed by atoms with Crippen LogP contribution in [0, 0.1) is 11.3 Å². The van der Waals surface area contributed by atoms with Gasteiger partial charge < -0.3 is 20.2 Å². The number of carbonyl (C=O) groups is 1. The summed E-state index contributed by atoms with van der Waals surface area (Å²) in [7, 11) is 0. The van der Waals surface area contributed by atoms with Crippen molar-refractivity contribution in [1.82, 2.24) is 25.4 Å². The van der Waals surface area contributed by atoms with Crippen LogP contribution in [-0.4, -0.2) is 45.2 Å². The number of aromatic amines is 1. The fourth-order valence-corrected chi connectivity index (χ4v) is 3.12. The molecule has 0 spiro atoms. The highest BCUT2D eigenvalue weighted by molar-refractivity contribution is 6.00. The van der Waals surface area contributed by atoms with Gasteiger partial charge in [-0.05, 0) is 19.1 Å². The molecule has 0 aliphatic carbocycles. The second kappa shape index (κ2) is 9.42. The van der Waals surface area contributed by atoms with Crippen LogP contribution in [0.3, 0.4) is 0 Å². The molecule has 164 valence electrons. The van der Waals surface area contributed by atoms with Crippen molar-refractivity contribution in [3.05, 3.63) is 53.6 Å². The van der Waals surface area contributed by atoms with E-state index in [1.807, 2.05) is 0 Å². The molecule has 11 nitrogen and oxygen atoms in total. The number of ether oxygens (including phenoxy) is 2. The van der Waals surface area contributed by atoms with Crippen LogP contribution >= 0.6 is 0 Å². The lowest BCUT2D eigenvalue weighted by atomic mass is 10.1. The second-order valence-corrected chi connectivity index (χ2v) is 7.11. The number of hydroxylamine groups is 1. The number of benzene rings is 1. The van der Waals surface area contributed by atoms with Crippen molar-refractivity contribution < 1.29 is 19.1 Å². The molecule has 11 heteroatoms. The number of hydrogen-bond donors (Lipinski definition) is 3. The maximum absolute atomic E-state index is 12.9. The number of H-pyrrole nitrogens is 1. The molecular weight excluding hydrogens is 414 g/mol. The summed E-state index contributed by atoms with van der Waals surface area (Å²) in [6.45, 7) is 2.67. The van der Waals surface area contributed by atoms with Crippen LogP contribution in [0.15, 0.2) is 36.8 Å². The van der Waals surface area contributed by atoms with Crippen molar-refractivity contribution in [2.24, 2.45) is 0 Å². The first-order valence-corrected chi connectivity index (χ1v) is 9.92. The zero-order valence-electron chi connectivity index (χ0n) is 17.2. The molecular formula is C21H21N7O4. The molecule has 4 N–H and O–H groups in total. The minimum Gasteiger partial charge on any atom is -0.471 e. The smallest absolute Gasteiger partial charge is 0.284 e. The topological polar surface area (TPSA) is 161 Å². The largest absolute Gasteiger partial charge is 0.471 e. The third kappa shape index (κ3) is 4.66. The zero-order valence-corrected chi connectivity index (χ0v) is 17.2. The van der Waals surface area contributed by atoms with E-state index in [-0.39, 0.29) is 29.2 Å². The molecule has 0 radical (unpaired) electrons. The van der Waals surface area contributed by atoms with Crippen LogP contribution in [0.5, 0.6) is 5.88 Å². The summed E-state index contributed by atoms with van der Waals surface area (Å²) in [4.78, 5) is 33.9. The van der Waals surface area contributed by atoms with E-state index in [0.717, 1.165) is 0 Å². The van der Waals surface area contributed by atoms with E-state index in [2.05, 4.69) is 31.5 Å². The van der Waals surface area contributed by atoms with Gasteiger partial charge in [-0.25, -0.2) is 15.4 Å². The molecule has 1 unspecified atom stereocenters. The number of nitrogens with zero attached hydrogens (tertiary/aromatic N) is 4. The quantitative estimate of drug-likeness (QED) is 0.471. The molecule has 4 rings (SSSR count). The summed E-state index contributed by atoms with van der Waals surface area (Å²) in [5, 5.41) is 9.17. The third-order valence-corrected chi connectivity index (χ3v) is 4.83. The van der Waals surface area contributed by atoms with E-state index >= 15 is 0 Å². The van der Waals surface area contributed by atoms with Gasteiger partial charge in [-0.1, -0.05) is 12.1 Å². The van der Waals surface area contributed by atoms with Crippen LogP contribution in [0.1, 0.15) is 41.1 Å². The molecule has 32 heavy (non-hydrogen) atoms. The van der Waals surface area contributed by atoms with Gasteiger partial charge in [0.1, 0.15) is 23.6 Å². The first-order valence-electron chi connectivity index (χ1n) is 9.92. The van der Waals surface area contributed by atoms with E-state index in [9.17, 15) is 10.1 Å². The molecule has 1 aliphatic heterocycles. The molecule has 1 amide bonds. The van der Waals surface area contributed by atoms with Crippen molar-refractivity contribution in [3.63, 3.8) is 0 Å². The van der Waals surface area contributed by atoms with Gasteiger partial charge in [0.05, 0.1) is 43.1 Å². The first-order chi connectivity index (χ1) is 15.5. The molecule has 1 saturated heterocycles. The summed E-state index contributed by atoms with van der Waals surface area (Å²) in [6, 6.07) is 8.82. The van der Waals surface area contributed by atoms with Crippen LogP contribution in [0.4, 0.5) is 5.82 Å². The predicted molar refractivity (Wildman–Crippen MR) is 112 cm³/mol. The SMILES string of the molecule is CC(ONC(=O)c1c(N)nc(-c2cccc(C#N)c2)nc1O[C@H]1CCOC1)c1cnc[nH]1. The Morgan fingerprint density at radius 3 is 3.03 bits per heavy atom. The maximum Gasteiger partial charge on any atom is 0.284 e. The second-order valence-electron chi connectivity index (χ2n) is 7.11. The van der Waals surface area contributed by atoms with Crippen LogP contribution in [0.2, 0.25) is 0 Å². The Labute approximate surface area is 183 Å². The van der Waals surface area contributed by atoms with Gasteiger partial charge in [0, 0.05) is 12.0 Å². The highest BCUT2D eigenvalue weighted by atomic mass is 16.7. The molecule has 0 bridgehead atoms. The Bertz CT molecular complexity index is 1140. The van der Waals surface area contributed by atoms with Gasteiger partial charge in [0.2, 0.25) is 5.88 Å². The van der Waals surface area contributed by atoms with Crippen LogP contribution in [0.25, 0.3) is 11.4 Å². The van der Waals surface area contributed by atoms with E-state index in [1.54, 1.807) is 37.4 Å². The van der Waals surface area contributed by atoms with E-state index in [4.69, 9.17) is 20.0 Å². The third-order valence-electron chi connectivity index (χ3n) is 4.83. The van der Waals surface area contributed by atoms with Gasteiger partial charge in [0.25, 0.3) is 5.91 Å². The first kappa shape index (κ1) is 21.2. The Morgan fingerprint density at radius 1 is 1.44 bits per heavy atom. The van der Waals surface area contributed by atoms with Crippen molar-refractivity contribution in [2.75, 3.05) is 18.9 Å². The predicted octanol–water partition coefficient (Wildman–Crippen LogP) is 1.91. The number of nitrogens with one attached hydrogen (secondary N) is 2. The van der Waals surface area contributed by atoms with Gasteiger partial charge in [-0.2, -0.15) is 10.2 Å². The number of imidazole rings is 1. The number of hydrogen-bond acceptors (Lipinski definition) is 9. The summed E-state index contributed by atoms with van der Waals surface area (Å²) < 4.78 is 11.3. The molecule has 2 aromatic heterocycles. The van der Waals surface area contributed by atoms with E-state index in [0.29, 0.717) is 36.5 Å². The monoisotopic (exact) mass is 435 g/mol. The van der Waals surface area contributed by atoms with Crippen molar-refractivity contribution in [3.8, 4) is 23.3 Å². The number of aromatic nitrogens is 4. The van der Waals surface area contributed by atoms with Crippen molar-refractivity contribution >= 4 is 11.7 Å². The molecule has 1 aromatic carbocycles. The number of rotatable bonds is 7. The van der Waals surface area contributed by atoms with Crippen LogP contribution < -0.4 is 16.0 Å². The molecule has 0 saturated carbocycles. The normalized spacial score (nSPS) is 16.3. The molecule has 1 fully saturated rings. The number of amides is 1. The molecule has 1 aliphatic rings. The molecule has 2 atom stereocenters. The fourth-order valence-electron chi connectivity index (χ4n) is 3.12. The number of anilines is 1. The van der Waals surface area contributed by atoms with Crippen LogP contribution in [-0.2, 0) is 9.57 Å². The summed E-state index contributed by atoms with van der Waals surface area (Å²) >= 11 is 0. The zero-order chi connectivity index (χ0) is 22.5. The number of nitriles is 1. The lowest BCUT2D eigenvalue weighted by Crippen LogP contribution is -2.29. The standard InChI is InChI=1S/C21H21N7O4/c1-12(16-9-24-11-25-16)32-28-20(29)17-18(23)26-19(14-4-2-3-13(7-14)8-22)27-21(17)31-15-5-6-30-10-15/h2-4,7,9,11-12,15H,5-6,10H2,1H3,(H,24,25)(H,28,29)(H2,23,26,27)/t12?,15-/m0/s1. The van der Waals surface area contributed by atoms with Gasteiger partial charge >= 0.3 is 0 Å². The number of nitrogen functional groups attached to an aromatic ring is 1. The Balaban J connectivity index is 1.63. The fraction of sp³-hybridized carbons (Fsp3) is 0.286. The minimum atomic E-state index is -0.653. The van der Waals surface area contributed by atoms with Gasteiger partial charge in [-0.3, -0.25) is 9.63 Å². The average Bonchev–Trinajstić information content (AvgIpc) is 3.51. The average molecular weight is 435 g/mol. The Hall–Kier alpha value is -4.01. The number of nitrogens with two attached hydrogens (primary N) is 1. The summed E-state index contributed by atoms with van der Waals surface area (Å²) in [5.41, 5.74) is 10.2. The van der Waals surface area contributed by atoms with Crippen molar-refractivity contribution in [2.45, 2.75) is 25.6 Å². The maximum atomic E-state index is 12.9. The van der Waals surface area contributed by atoms with E-state index < -0.39 is 12.0 Å².